The Kier molecular flexibility index (Phi) is 4.27. The van der Waals surface area contributed by atoms with Crippen molar-refractivity contribution in [3.8, 4) is 0 Å². The number of H-pyrrole nitrogens is 1. The van der Waals surface area contributed by atoms with E-state index in [1.807, 2.05) is 30.5 Å². The van der Waals surface area contributed by atoms with Crippen LogP contribution in [0.3, 0.4) is 0 Å². The van der Waals surface area contributed by atoms with E-state index >= 15 is 0 Å². The molecule has 1 saturated heterocycles. The number of carbonyl (C=O) groups is 3. The predicted octanol–water partition coefficient (Wildman–Crippen LogP) is 0.815. The third-order valence-corrected chi connectivity index (χ3v) is 3.91. The maximum atomic E-state index is 11.8. The molecule has 1 aliphatic heterocycles. The number of urea groups is 1. The third kappa shape index (κ3) is 3.50. The number of nitrogens with one attached hydrogen (secondary N) is 4. The highest BCUT2D eigenvalue weighted by atomic mass is 16.2. The van der Waals surface area contributed by atoms with Crippen LogP contribution in [0.5, 0.6) is 0 Å². The highest BCUT2D eigenvalue weighted by Gasteiger charge is 2.29. The van der Waals surface area contributed by atoms with E-state index in [-0.39, 0.29) is 18.2 Å². The number of hydrogen-bond acceptors (Lipinski definition) is 3. The van der Waals surface area contributed by atoms with Gasteiger partial charge < -0.3 is 15.6 Å². The summed E-state index contributed by atoms with van der Waals surface area (Å²) in [7, 11) is 0. The Morgan fingerprint density at radius 3 is 2.83 bits per heavy atom. The van der Waals surface area contributed by atoms with E-state index in [4.69, 9.17) is 0 Å². The molecule has 0 unspecified atom stereocenters. The molecule has 2 heterocycles. The van der Waals surface area contributed by atoms with Crippen LogP contribution in [0, 0.1) is 0 Å². The van der Waals surface area contributed by atoms with Crippen molar-refractivity contribution in [1.29, 1.82) is 0 Å². The molecule has 0 saturated carbocycles. The Hall–Kier alpha value is -2.83. The largest absolute Gasteiger partial charge is 0.361 e. The quantitative estimate of drug-likeness (QED) is 0.593. The first-order chi connectivity index (χ1) is 11.1. The number of benzene rings is 1. The molecule has 0 aliphatic carbocycles. The van der Waals surface area contributed by atoms with Crippen molar-refractivity contribution in [3.05, 3.63) is 36.0 Å². The molecule has 7 nitrogen and oxygen atoms in total. The van der Waals surface area contributed by atoms with E-state index < -0.39 is 12.1 Å². The first-order valence-electron chi connectivity index (χ1n) is 7.56. The average Bonchev–Trinajstić information content (AvgIpc) is 3.08. The first-order valence-corrected chi connectivity index (χ1v) is 7.56. The zero-order valence-corrected chi connectivity index (χ0v) is 12.5. The monoisotopic (exact) mass is 314 g/mol. The minimum absolute atomic E-state index is 0.126. The number of fused-ring (bicyclic) bond motifs is 1. The van der Waals surface area contributed by atoms with E-state index in [1.165, 1.54) is 0 Å². The number of para-hydroxylation sites is 1. The molecule has 1 aliphatic rings. The highest BCUT2D eigenvalue weighted by molar-refractivity contribution is 6.04. The number of rotatable bonds is 6. The number of amides is 4. The van der Waals surface area contributed by atoms with E-state index in [0.29, 0.717) is 13.0 Å². The van der Waals surface area contributed by atoms with E-state index in [1.54, 1.807) is 0 Å². The molecule has 3 rings (SSSR count). The molecule has 7 heteroatoms. The van der Waals surface area contributed by atoms with E-state index in [0.717, 1.165) is 22.9 Å². The van der Waals surface area contributed by atoms with E-state index in [2.05, 4.69) is 20.9 Å². The van der Waals surface area contributed by atoms with Crippen molar-refractivity contribution in [2.24, 2.45) is 0 Å². The molecule has 0 radical (unpaired) electrons. The van der Waals surface area contributed by atoms with Crippen LogP contribution in [0.4, 0.5) is 4.79 Å². The van der Waals surface area contributed by atoms with Crippen molar-refractivity contribution in [2.75, 3.05) is 6.54 Å². The number of imide groups is 1. The van der Waals surface area contributed by atoms with Crippen molar-refractivity contribution in [1.82, 2.24) is 20.9 Å². The Balaban J connectivity index is 1.43. The zero-order chi connectivity index (χ0) is 16.2. The fourth-order valence-corrected chi connectivity index (χ4v) is 2.70. The molecule has 120 valence electrons. The summed E-state index contributed by atoms with van der Waals surface area (Å²) in [6.07, 6.45) is 3.19. The third-order valence-electron chi connectivity index (χ3n) is 3.91. The van der Waals surface area contributed by atoms with Gasteiger partial charge >= 0.3 is 6.03 Å². The van der Waals surface area contributed by atoms with Gasteiger partial charge in [-0.1, -0.05) is 18.2 Å². The fourth-order valence-electron chi connectivity index (χ4n) is 2.70. The minimum atomic E-state index is -0.609. The second kappa shape index (κ2) is 6.51. The number of aromatic nitrogens is 1. The lowest BCUT2D eigenvalue weighted by molar-refractivity contribution is -0.122. The Morgan fingerprint density at radius 2 is 2.04 bits per heavy atom. The van der Waals surface area contributed by atoms with Gasteiger partial charge in [0.15, 0.2) is 0 Å². The maximum absolute atomic E-state index is 11.8. The van der Waals surface area contributed by atoms with Crippen LogP contribution >= 0.6 is 0 Å². The van der Waals surface area contributed by atoms with Gasteiger partial charge in [-0.05, 0) is 24.5 Å². The molecule has 4 N–H and O–H groups in total. The van der Waals surface area contributed by atoms with Gasteiger partial charge in [-0.15, -0.1) is 0 Å². The van der Waals surface area contributed by atoms with Gasteiger partial charge in [-0.3, -0.25) is 14.9 Å². The average molecular weight is 314 g/mol. The lowest BCUT2D eigenvalue weighted by atomic mass is 10.1. The SMILES string of the molecule is O=C(CC[C@@H]1NC(=O)NC1=O)NCCc1c[nH]c2ccccc12. The molecule has 1 fully saturated rings. The van der Waals surface area contributed by atoms with Crippen LogP contribution in [-0.2, 0) is 16.0 Å². The molecule has 23 heavy (non-hydrogen) atoms. The molecule has 0 bridgehead atoms. The molecule has 4 amide bonds. The van der Waals surface area contributed by atoms with Crippen molar-refractivity contribution in [3.63, 3.8) is 0 Å². The summed E-state index contributed by atoms with van der Waals surface area (Å²) in [6, 6.07) is 6.91. The van der Waals surface area contributed by atoms with Gasteiger partial charge in [-0.25, -0.2) is 4.79 Å². The zero-order valence-electron chi connectivity index (χ0n) is 12.5. The van der Waals surface area contributed by atoms with Crippen LogP contribution in [0.1, 0.15) is 18.4 Å². The predicted molar refractivity (Wildman–Crippen MR) is 84.7 cm³/mol. The van der Waals surface area contributed by atoms with Gasteiger partial charge in [0.25, 0.3) is 5.91 Å². The topological polar surface area (TPSA) is 103 Å². The standard InChI is InChI=1S/C16H18N4O3/c21-14(6-5-13-15(22)20-16(23)19-13)17-8-7-10-9-18-12-4-2-1-3-11(10)12/h1-4,9,13,18H,5-8H2,(H,17,21)(H2,19,20,22,23)/t13-/m0/s1. The van der Waals surface area contributed by atoms with Crippen LogP contribution in [0.25, 0.3) is 10.9 Å². The molecule has 1 atom stereocenters. The Labute approximate surface area is 132 Å². The van der Waals surface area contributed by atoms with E-state index in [9.17, 15) is 14.4 Å². The summed E-state index contributed by atoms with van der Waals surface area (Å²) in [4.78, 5) is 37.4. The van der Waals surface area contributed by atoms with Gasteiger partial charge in [0, 0.05) is 30.1 Å². The van der Waals surface area contributed by atoms with Crippen LogP contribution < -0.4 is 16.0 Å². The lowest BCUT2D eigenvalue weighted by Crippen LogP contribution is -2.32. The normalized spacial score (nSPS) is 17.1. The molecule has 2 aromatic rings. The molecule has 1 aromatic heterocycles. The van der Waals surface area contributed by atoms with Crippen LogP contribution in [0.15, 0.2) is 30.5 Å². The van der Waals surface area contributed by atoms with Gasteiger partial charge in [0.05, 0.1) is 0 Å². The summed E-state index contributed by atoms with van der Waals surface area (Å²) in [6.45, 7) is 0.532. The summed E-state index contributed by atoms with van der Waals surface area (Å²) >= 11 is 0. The molecule has 0 spiro atoms. The van der Waals surface area contributed by atoms with Crippen molar-refractivity contribution < 1.29 is 14.4 Å². The molecular weight excluding hydrogens is 296 g/mol. The minimum Gasteiger partial charge on any atom is -0.361 e. The second-order valence-corrected chi connectivity index (χ2v) is 5.51. The smallest absolute Gasteiger partial charge is 0.322 e. The molecule has 1 aromatic carbocycles. The lowest BCUT2D eigenvalue weighted by Gasteiger charge is -2.07. The summed E-state index contributed by atoms with van der Waals surface area (Å²) in [5.41, 5.74) is 2.24. The van der Waals surface area contributed by atoms with Crippen molar-refractivity contribution >= 4 is 28.7 Å². The Bertz CT molecular complexity index is 753. The molecular formula is C16H18N4O3. The van der Waals surface area contributed by atoms with Crippen LogP contribution in [-0.4, -0.2) is 35.4 Å². The first kappa shape index (κ1) is 15.1. The fraction of sp³-hybridized carbons (Fsp3) is 0.312. The van der Waals surface area contributed by atoms with Gasteiger partial charge in [-0.2, -0.15) is 0 Å². The maximum Gasteiger partial charge on any atom is 0.322 e. The number of carbonyl (C=O) groups excluding carboxylic acids is 3. The van der Waals surface area contributed by atoms with Gasteiger partial charge in [0.1, 0.15) is 6.04 Å². The highest BCUT2D eigenvalue weighted by Crippen LogP contribution is 2.17. The second-order valence-electron chi connectivity index (χ2n) is 5.51. The summed E-state index contributed by atoms with van der Waals surface area (Å²) in [5, 5.41) is 8.62. The number of aromatic amines is 1. The van der Waals surface area contributed by atoms with Gasteiger partial charge in [0.2, 0.25) is 5.91 Å². The van der Waals surface area contributed by atoms with Crippen LogP contribution in [0.2, 0.25) is 0 Å². The number of hydrogen-bond donors (Lipinski definition) is 4. The summed E-state index contributed by atoms with van der Waals surface area (Å²) < 4.78 is 0. The van der Waals surface area contributed by atoms with Crippen molar-refractivity contribution in [2.45, 2.75) is 25.3 Å². The Morgan fingerprint density at radius 1 is 1.22 bits per heavy atom. The summed E-state index contributed by atoms with van der Waals surface area (Å²) in [5.74, 6) is -0.500.